The van der Waals surface area contributed by atoms with Crippen molar-refractivity contribution in [2.24, 2.45) is 0 Å². The van der Waals surface area contributed by atoms with Crippen LogP contribution in [0, 0.1) is 0 Å². The van der Waals surface area contributed by atoms with Crippen LogP contribution in [0.15, 0.2) is 47.9 Å². The fourth-order valence-electron chi connectivity index (χ4n) is 2.68. The first-order valence-electron chi connectivity index (χ1n) is 7.72. The normalized spacial score (nSPS) is 21.7. The van der Waals surface area contributed by atoms with E-state index in [-0.39, 0.29) is 0 Å². The molecule has 0 aromatic heterocycles. The van der Waals surface area contributed by atoms with E-state index in [9.17, 15) is 0 Å². The molecular weight excluding hydrogens is 261 g/mol. The Morgan fingerprint density at radius 1 is 1.40 bits per heavy atom. The van der Waals surface area contributed by atoms with Gasteiger partial charge in [-0.2, -0.15) is 0 Å². The summed E-state index contributed by atoms with van der Waals surface area (Å²) >= 11 is 0. The van der Waals surface area contributed by atoms with Gasteiger partial charge in [-0.05, 0) is 57.5 Å². The van der Waals surface area contributed by atoms with Gasteiger partial charge in [-0.1, -0.05) is 37.3 Å². The van der Waals surface area contributed by atoms with Gasteiger partial charge in [-0.3, -0.25) is 0 Å². The van der Waals surface area contributed by atoms with Gasteiger partial charge in [0.05, 0.1) is 0 Å². The molecule has 0 bridgehead atoms. The molecule has 1 nitrogen and oxygen atoms in total. The third-order valence-electron chi connectivity index (χ3n) is 4.00. The lowest BCUT2D eigenvalue weighted by Gasteiger charge is -2.27. The van der Waals surface area contributed by atoms with Gasteiger partial charge in [0.2, 0.25) is 0 Å². The molecule has 0 saturated heterocycles. The Kier molecular flexibility index (Phi) is 7.92. The van der Waals surface area contributed by atoms with Gasteiger partial charge in [0.15, 0.2) is 0 Å². The molecule has 0 amide bonds. The van der Waals surface area contributed by atoms with Crippen molar-refractivity contribution in [3.63, 3.8) is 0 Å². The van der Waals surface area contributed by atoms with Crippen molar-refractivity contribution in [3.8, 4) is 0 Å². The monoisotopic (exact) mass is 291 g/mol. The van der Waals surface area contributed by atoms with Gasteiger partial charge < -0.3 is 4.90 Å². The van der Waals surface area contributed by atoms with Crippen LogP contribution < -0.4 is 0 Å². The Balaban J connectivity index is 3.16. The number of likely N-dealkylation sites (N-methyl/N-ethyl adjacent to an activating group) is 1. The predicted octanol–water partition coefficient (Wildman–Crippen LogP) is 5.48. The lowest BCUT2D eigenvalue weighted by molar-refractivity contribution is 0.567. The third kappa shape index (κ3) is 4.94. The van der Waals surface area contributed by atoms with E-state index in [0.29, 0.717) is 5.66 Å². The standard InChI is InChI=1S/C18H30NP/c1-6-18(20-5)16-13-10-12-15(3)11-8-9-14-17(16)19(4)7-2/h7,12-14,18,20H,2,6,8-11H2,1,3-5H3/b15-12+,16-13?,17-14?. The average molecular weight is 291 g/mol. The molecule has 112 valence electrons. The van der Waals surface area contributed by atoms with E-state index in [0.717, 1.165) is 21.4 Å². The molecule has 2 unspecified atom stereocenters. The molecule has 0 aromatic carbocycles. The number of allylic oxidation sites excluding steroid dienone is 5. The lowest BCUT2D eigenvalue weighted by atomic mass is 9.99. The Labute approximate surface area is 127 Å². The highest BCUT2D eigenvalue weighted by Crippen LogP contribution is 2.33. The van der Waals surface area contributed by atoms with Crippen molar-refractivity contribution in [2.75, 3.05) is 13.7 Å². The Morgan fingerprint density at radius 3 is 2.75 bits per heavy atom. The topological polar surface area (TPSA) is 3.24 Å². The minimum Gasteiger partial charge on any atom is -0.352 e. The molecule has 0 aliphatic heterocycles. The summed E-state index contributed by atoms with van der Waals surface area (Å²) in [7, 11) is 3.07. The summed E-state index contributed by atoms with van der Waals surface area (Å²) in [5.41, 5.74) is 5.09. The zero-order valence-corrected chi connectivity index (χ0v) is 14.6. The highest BCUT2D eigenvalue weighted by atomic mass is 31.1. The second kappa shape index (κ2) is 9.19. The maximum Gasteiger partial charge on any atom is 0.0398 e. The average Bonchev–Trinajstić information content (AvgIpc) is 2.46. The van der Waals surface area contributed by atoms with E-state index < -0.39 is 0 Å². The van der Waals surface area contributed by atoms with Gasteiger partial charge in [0.25, 0.3) is 0 Å². The van der Waals surface area contributed by atoms with Crippen molar-refractivity contribution in [3.05, 3.63) is 47.9 Å². The maximum absolute atomic E-state index is 3.94. The summed E-state index contributed by atoms with van der Waals surface area (Å²) in [5.74, 6) is 0. The van der Waals surface area contributed by atoms with E-state index in [4.69, 9.17) is 0 Å². The quantitative estimate of drug-likeness (QED) is 0.479. The third-order valence-corrected chi connectivity index (χ3v) is 5.41. The highest BCUT2D eigenvalue weighted by Gasteiger charge is 2.16. The van der Waals surface area contributed by atoms with Gasteiger partial charge in [0.1, 0.15) is 0 Å². The molecule has 20 heavy (non-hydrogen) atoms. The number of hydrogen-bond donors (Lipinski definition) is 0. The second-order valence-corrected chi connectivity index (χ2v) is 6.74. The fourth-order valence-corrected chi connectivity index (χ4v) is 3.66. The molecule has 0 saturated carbocycles. The molecule has 1 rings (SSSR count). The molecule has 0 fully saturated rings. The predicted molar refractivity (Wildman–Crippen MR) is 94.7 cm³/mol. The maximum atomic E-state index is 3.94. The summed E-state index contributed by atoms with van der Waals surface area (Å²) in [4.78, 5) is 2.19. The van der Waals surface area contributed by atoms with Crippen molar-refractivity contribution in [2.45, 2.75) is 51.6 Å². The molecule has 2 atom stereocenters. The van der Waals surface area contributed by atoms with Crippen LogP contribution in [0.1, 0.15) is 46.0 Å². The van der Waals surface area contributed by atoms with Gasteiger partial charge in [-0.25, -0.2) is 0 Å². The summed E-state index contributed by atoms with van der Waals surface area (Å²) in [6, 6.07) is 0. The van der Waals surface area contributed by atoms with Crippen LogP contribution in [0.4, 0.5) is 0 Å². The van der Waals surface area contributed by atoms with E-state index in [1.807, 2.05) is 6.20 Å². The van der Waals surface area contributed by atoms with E-state index >= 15 is 0 Å². The van der Waals surface area contributed by atoms with Crippen molar-refractivity contribution in [1.82, 2.24) is 4.90 Å². The van der Waals surface area contributed by atoms with Crippen LogP contribution in [0.5, 0.6) is 0 Å². The zero-order chi connectivity index (χ0) is 15.0. The van der Waals surface area contributed by atoms with E-state index in [1.165, 1.54) is 36.1 Å². The van der Waals surface area contributed by atoms with Crippen molar-refractivity contribution < 1.29 is 0 Å². The van der Waals surface area contributed by atoms with Crippen LogP contribution in [0.3, 0.4) is 0 Å². The summed E-state index contributed by atoms with van der Waals surface area (Å²) in [6.07, 6.45) is 15.1. The Bertz CT molecular complexity index is 400. The summed E-state index contributed by atoms with van der Waals surface area (Å²) < 4.78 is 0. The SMILES string of the molecule is C=CN(C)C1=CCCC/C(C)=C/CC=C1C(CC)PC. The molecule has 0 spiro atoms. The van der Waals surface area contributed by atoms with Gasteiger partial charge in [0, 0.05) is 18.4 Å². The highest BCUT2D eigenvalue weighted by molar-refractivity contribution is 7.38. The minimum absolute atomic E-state index is 0.678. The lowest BCUT2D eigenvalue weighted by Crippen LogP contribution is -2.18. The number of hydrogen-bond acceptors (Lipinski definition) is 1. The molecular formula is C18H30NP. The van der Waals surface area contributed by atoms with Crippen LogP contribution in [0.25, 0.3) is 0 Å². The molecule has 0 N–H and O–H groups in total. The first kappa shape index (κ1) is 17.2. The van der Waals surface area contributed by atoms with Crippen LogP contribution in [-0.2, 0) is 0 Å². The van der Waals surface area contributed by atoms with Gasteiger partial charge in [-0.15, -0.1) is 8.58 Å². The Morgan fingerprint density at radius 2 is 2.15 bits per heavy atom. The van der Waals surface area contributed by atoms with E-state index in [1.54, 1.807) is 0 Å². The molecule has 2 heteroatoms. The molecule has 1 aliphatic carbocycles. The molecule has 0 heterocycles. The number of rotatable bonds is 5. The molecule has 0 aromatic rings. The summed E-state index contributed by atoms with van der Waals surface area (Å²) in [6.45, 7) is 10.8. The van der Waals surface area contributed by atoms with Crippen LogP contribution in [-0.4, -0.2) is 24.3 Å². The number of nitrogens with zero attached hydrogens (tertiary/aromatic N) is 1. The van der Waals surface area contributed by atoms with Crippen LogP contribution in [0.2, 0.25) is 0 Å². The first-order chi connectivity index (χ1) is 9.63. The first-order valence-corrected chi connectivity index (χ1v) is 9.30. The van der Waals surface area contributed by atoms with Crippen molar-refractivity contribution >= 4 is 8.58 Å². The summed E-state index contributed by atoms with van der Waals surface area (Å²) in [5, 5.41) is 0. The molecule has 1 aliphatic rings. The van der Waals surface area contributed by atoms with E-state index in [2.05, 4.69) is 57.3 Å². The van der Waals surface area contributed by atoms with Crippen LogP contribution >= 0.6 is 8.58 Å². The Hall–Kier alpha value is -0.810. The zero-order valence-electron chi connectivity index (χ0n) is 13.6. The smallest absolute Gasteiger partial charge is 0.0398 e. The largest absolute Gasteiger partial charge is 0.352 e. The second-order valence-electron chi connectivity index (χ2n) is 5.47. The fraction of sp³-hybridized carbons (Fsp3) is 0.556. The molecule has 0 radical (unpaired) electrons. The van der Waals surface area contributed by atoms with Crippen molar-refractivity contribution in [1.29, 1.82) is 0 Å². The van der Waals surface area contributed by atoms with Gasteiger partial charge >= 0.3 is 0 Å². The minimum atomic E-state index is 0.678.